The van der Waals surface area contributed by atoms with Gasteiger partial charge in [0.25, 0.3) is 0 Å². The summed E-state index contributed by atoms with van der Waals surface area (Å²) in [6.45, 7) is 6.24. The molecule has 0 radical (unpaired) electrons. The van der Waals surface area contributed by atoms with Gasteiger partial charge >= 0.3 is 0 Å². The molecular formula is C25H42F2O3. The second-order valence-corrected chi connectivity index (χ2v) is 9.03. The van der Waals surface area contributed by atoms with Gasteiger partial charge in [0.1, 0.15) is 5.76 Å². The minimum atomic E-state index is -0.951. The maximum Gasteiger partial charge on any atom is 0.196 e. The summed E-state index contributed by atoms with van der Waals surface area (Å²) in [5.41, 5.74) is 0.302. The predicted molar refractivity (Wildman–Crippen MR) is 117 cm³/mol. The van der Waals surface area contributed by atoms with E-state index in [0.29, 0.717) is 17.9 Å². The van der Waals surface area contributed by atoms with Gasteiger partial charge < -0.3 is 14.2 Å². The van der Waals surface area contributed by atoms with Crippen molar-refractivity contribution in [1.29, 1.82) is 0 Å². The van der Waals surface area contributed by atoms with Crippen LogP contribution in [0.4, 0.5) is 8.78 Å². The van der Waals surface area contributed by atoms with Crippen LogP contribution in [-0.2, 0) is 14.2 Å². The largest absolute Gasteiger partial charge is 0.498 e. The number of allylic oxidation sites excluding steroid dienone is 3. The van der Waals surface area contributed by atoms with E-state index in [1.54, 1.807) is 6.92 Å². The Hall–Kier alpha value is -0.940. The Labute approximate surface area is 182 Å². The summed E-state index contributed by atoms with van der Waals surface area (Å²) in [7, 11) is 1.33. The standard InChI is InChI=1S/C25H42F2O3/c1-5-7-8-9-19-10-12-21(13-11-19)22-14-15-23(30-17-22)29-16-20(6-2)25(27)24(26)18(3)28-4/h19,21-23H,5-17H2,1-4H3/b24-18-,25-20-. The van der Waals surface area contributed by atoms with Gasteiger partial charge in [0.2, 0.25) is 0 Å². The lowest BCUT2D eigenvalue weighted by atomic mass is 9.73. The SMILES string of the molecule is CCCCCC1CCC(C2CCC(OC/C(CC)=C(F)/C(F)=C(\C)OC)OC2)CC1. The van der Waals surface area contributed by atoms with E-state index in [2.05, 4.69) is 6.92 Å². The third-order valence-corrected chi connectivity index (χ3v) is 7.03. The van der Waals surface area contributed by atoms with Crippen molar-refractivity contribution in [3.05, 3.63) is 23.0 Å². The molecular weight excluding hydrogens is 386 g/mol. The highest BCUT2D eigenvalue weighted by atomic mass is 19.2. The van der Waals surface area contributed by atoms with Crippen LogP contribution in [0.1, 0.15) is 91.4 Å². The van der Waals surface area contributed by atoms with E-state index in [0.717, 1.165) is 31.3 Å². The van der Waals surface area contributed by atoms with Crippen LogP contribution >= 0.6 is 0 Å². The Kier molecular flexibility index (Phi) is 11.4. The molecule has 1 heterocycles. The predicted octanol–water partition coefficient (Wildman–Crippen LogP) is 7.62. The van der Waals surface area contributed by atoms with Crippen LogP contribution in [-0.4, -0.2) is 26.6 Å². The molecule has 0 amide bonds. The molecule has 5 heteroatoms. The molecule has 0 bridgehead atoms. The van der Waals surface area contributed by atoms with E-state index < -0.39 is 11.7 Å². The van der Waals surface area contributed by atoms with Crippen LogP contribution in [0, 0.1) is 17.8 Å². The van der Waals surface area contributed by atoms with Gasteiger partial charge in [-0.25, -0.2) is 8.78 Å². The summed E-state index contributed by atoms with van der Waals surface area (Å²) >= 11 is 0. The van der Waals surface area contributed by atoms with Crippen LogP contribution in [0.25, 0.3) is 0 Å². The van der Waals surface area contributed by atoms with Gasteiger partial charge in [-0.1, -0.05) is 52.4 Å². The first-order valence-corrected chi connectivity index (χ1v) is 12.0. The highest BCUT2D eigenvalue weighted by Gasteiger charge is 2.31. The van der Waals surface area contributed by atoms with Crippen LogP contribution in [0.15, 0.2) is 23.0 Å². The molecule has 0 aromatic rings. The minimum absolute atomic E-state index is 0.0466. The zero-order valence-electron chi connectivity index (χ0n) is 19.5. The molecule has 1 saturated heterocycles. The first-order chi connectivity index (χ1) is 14.5. The molecule has 30 heavy (non-hydrogen) atoms. The fraction of sp³-hybridized carbons (Fsp3) is 0.840. The fourth-order valence-electron chi connectivity index (χ4n) is 4.80. The molecule has 0 N–H and O–H groups in total. The number of methoxy groups -OCH3 is 1. The van der Waals surface area contributed by atoms with Gasteiger partial charge in [-0.05, 0) is 62.4 Å². The van der Waals surface area contributed by atoms with Crippen molar-refractivity contribution in [3.63, 3.8) is 0 Å². The summed E-state index contributed by atoms with van der Waals surface area (Å²) < 4.78 is 44.9. The molecule has 1 aliphatic carbocycles. The molecule has 0 aromatic heterocycles. The Balaban J connectivity index is 1.73. The number of hydrogen-bond donors (Lipinski definition) is 0. The van der Waals surface area contributed by atoms with Gasteiger partial charge in [-0.3, -0.25) is 0 Å². The van der Waals surface area contributed by atoms with Gasteiger partial charge in [0.15, 0.2) is 17.9 Å². The third kappa shape index (κ3) is 7.64. The topological polar surface area (TPSA) is 27.7 Å². The lowest BCUT2D eigenvalue weighted by Gasteiger charge is -2.37. The lowest BCUT2D eigenvalue weighted by Crippen LogP contribution is -2.34. The van der Waals surface area contributed by atoms with Crippen molar-refractivity contribution in [2.24, 2.45) is 17.8 Å². The Bertz CT molecular complexity index is 557. The van der Waals surface area contributed by atoms with Crippen molar-refractivity contribution < 1.29 is 23.0 Å². The van der Waals surface area contributed by atoms with Gasteiger partial charge in [0.05, 0.1) is 20.3 Å². The number of unbranched alkanes of at least 4 members (excludes halogenated alkanes) is 2. The molecule has 2 rings (SSSR count). The van der Waals surface area contributed by atoms with E-state index in [4.69, 9.17) is 14.2 Å². The second kappa shape index (κ2) is 13.5. The quantitative estimate of drug-likeness (QED) is 0.192. The maximum absolute atomic E-state index is 14.3. The van der Waals surface area contributed by atoms with Gasteiger partial charge in [-0.15, -0.1) is 0 Å². The zero-order valence-corrected chi connectivity index (χ0v) is 19.5. The van der Waals surface area contributed by atoms with Crippen LogP contribution in [0.2, 0.25) is 0 Å². The molecule has 3 nitrogen and oxygen atoms in total. The van der Waals surface area contributed by atoms with E-state index in [9.17, 15) is 8.78 Å². The van der Waals surface area contributed by atoms with Crippen molar-refractivity contribution in [3.8, 4) is 0 Å². The number of hydrogen-bond acceptors (Lipinski definition) is 3. The molecule has 1 aliphatic heterocycles. The van der Waals surface area contributed by atoms with Crippen LogP contribution in [0.5, 0.6) is 0 Å². The average molecular weight is 429 g/mol. The number of rotatable bonds is 11. The normalized spacial score (nSPS) is 29.3. The molecule has 0 aromatic carbocycles. The summed E-state index contributed by atoms with van der Waals surface area (Å²) in [5.74, 6) is 0.431. The first-order valence-electron chi connectivity index (χ1n) is 12.0. The highest BCUT2D eigenvalue weighted by Crippen LogP contribution is 2.39. The Morgan fingerprint density at radius 2 is 1.63 bits per heavy atom. The molecule has 2 fully saturated rings. The monoisotopic (exact) mass is 428 g/mol. The Morgan fingerprint density at radius 3 is 2.20 bits per heavy atom. The molecule has 0 spiro atoms. The van der Waals surface area contributed by atoms with Crippen molar-refractivity contribution in [2.45, 2.75) is 97.7 Å². The average Bonchev–Trinajstić information content (AvgIpc) is 2.79. The lowest BCUT2D eigenvalue weighted by molar-refractivity contribution is -0.177. The van der Waals surface area contributed by atoms with Gasteiger partial charge in [-0.2, -0.15) is 0 Å². The summed E-state index contributed by atoms with van der Waals surface area (Å²) in [6.07, 6.45) is 12.8. The van der Waals surface area contributed by atoms with Crippen molar-refractivity contribution >= 4 is 0 Å². The minimum Gasteiger partial charge on any atom is -0.498 e. The van der Waals surface area contributed by atoms with Crippen LogP contribution < -0.4 is 0 Å². The van der Waals surface area contributed by atoms with Crippen molar-refractivity contribution in [2.75, 3.05) is 20.3 Å². The van der Waals surface area contributed by atoms with Crippen LogP contribution in [0.3, 0.4) is 0 Å². The number of halogens is 2. The molecule has 2 unspecified atom stereocenters. The first kappa shape index (κ1) is 25.3. The summed E-state index contributed by atoms with van der Waals surface area (Å²) in [5, 5.41) is 0. The summed E-state index contributed by atoms with van der Waals surface area (Å²) in [4.78, 5) is 0. The van der Waals surface area contributed by atoms with Gasteiger partial charge in [0, 0.05) is 0 Å². The van der Waals surface area contributed by atoms with E-state index in [1.165, 1.54) is 65.4 Å². The van der Waals surface area contributed by atoms with E-state index in [-0.39, 0.29) is 18.7 Å². The maximum atomic E-state index is 14.3. The van der Waals surface area contributed by atoms with E-state index in [1.807, 2.05) is 0 Å². The van der Waals surface area contributed by atoms with Crippen molar-refractivity contribution in [1.82, 2.24) is 0 Å². The number of ether oxygens (including phenoxy) is 3. The highest BCUT2D eigenvalue weighted by molar-refractivity contribution is 5.27. The molecule has 2 aliphatic rings. The Morgan fingerprint density at radius 1 is 0.933 bits per heavy atom. The van der Waals surface area contributed by atoms with E-state index >= 15 is 0 Å². The smallest absolute Gasteiger partial charge is 0.196 e. The third-order valence-electron chi connectivity index (χ3n) is 7.03. The molecule has 1 saturated carbocycles. The summed E-state index contributed by atoms with van der Waals surface area (Å²) in [6, 6.07) is 0. The second-order valence-electron chi connectivity index (χ2n) is 9.03. The molecule has 174 valence electrons. The fourth-order valence-corrected chi connectivity index (χ4v) is 4.80. The zero-order chi connectivity index (χ0) is 21.9. The molecule has 2 atom stereocenters.